The minimum Gasteiger partial charge on any atom is -0.459 e. The molecule has 0 aromatic heterocycles. The maximum Gasteiger partial charge on any atom is 0.338 e. The number of halogens is 2. The number of alkyl halides is 2. The van der Waals surface area contributed by atoms with Crippen LogP contribution in [0.4, 0.5) is 8.78 Å². The van der Waals surface area contributed by atoms with Crippen molar-refractivity contribution in [2.45, 2.75) is 50.5 Å². The summed E-state index contributed by atoms with van der Waals surface area (Å²) in [6.07, 6.45) is -5.23. The maximum absolute atomic E-state index is 15.2. The summed E-state index contributed by atoms with van der Waals surface area (Å²) in [7, 11) is 0. The number of carbonyl (C=O) groups is 1. The molecular weight excluding hydrogens is 410 g/mol. The first kappa shape index (κ1) is 23.3. The molecule has 1 N–H and O–H groups in total. The van der Waals surface area contributed by atoms with Gasteiger partial charge in [0.15, 0.2) is 18.0 Å². The molecule has 1 saturated heterocycles. The van der Waals surface area contributed by atoms with Crippen LogP contribution in [0.25, 0.3) is 0 Å². The highest BCUT2D eigenvalue weighted by molar-refractivity contribution is 5.89. The van der Waals surface area contributed by atoms with Gasteiger partial charge in [0, 0.05) is 0 Å². The summed E-state index contributed by atoms with van der Waals surface area (Å²) in [5.74, 6) is -5.64. The average molecular weight is 436 g/mol. The van der Waals surface area contributed by atoms with Gasteiger partial charge in [-0.2, -0.15) is 0 Å². The Kier molecular flexibility index (Phi) is 7.38. The summed E-state index contributed by atoms with van der Waals surface area (Å²) >= 11 is 0. The molecule has 168 valence electrons. The standard InChI is InChI=1S/C23H26F2O6/c1-22(2)30-14-18(31-22)20(28-13-16-9-5-3-6-10-16)23(24,25)19(26)15-29-21(27)17-11-7-4-8-12-17/h3-12,18-20,26H,13-15H2,1-2H3/t18-,19-,20-/m1/s1. The van der Waals surface area contributed by atoms with E-state index < -0.39 is 42.6 Å². The molecule has 1 aliphatic rings. The fraction of sp³-hybridized carbons (Fsp3) is 0.435. The average Bonchev–Trinajstić information content (AvgIpc) is 3.12. The maximum atomic E-state index is 15.2. The number of esters is 1. The molecule has 1 fully saturated rings. The molecule has 0 unspecified atom stereocenters. The SMILES string of the molecule is CC1(C)OC[C@H]([C@@H](OCc2ccccc2)C(F)(F)[C@H](O)COC(=O)c2ccccc2)O1. The molecule has 0 radical (unpaired) electrons. The quantitative estimate of drug-likeness (QED) is 0.606. The molecule has 1 heterocycles. The Labute approximate surface area is 179 Å². The molecule has 3 atom stereocenters. The molecule has 2 aromatic carbocycles. The van der Waals surface area contributed by atoms with Gasteiger partial charge < -0.3 is 24.1 Å². The van der Waals surface area contributed by atoms with Crippen molar-refractivity contribution in [1.82, 2.24) is 0 Å². The summed E-state index contributed by atoms with van der Waals surface area (Å²) in [6, 6.07) is 16.7. The number of ether oxygens (including phenoxy) is 4. The van der Waals surface area contributed by atoms with Crippen LogP contribution in [0.3, 0.4) is 0 Å². The molecule has 6 nitrogen and oxygen atoms in total. The van der Waals surface area contributed by atoms with Gasteiger partial charge in [-0.3, -0.25) is 0 Å². The number of hydrogen-bond acceptors (Lipinski definition) is 6. The number of hydrogen-bond donors (Lipinski definition) is 1. The summed E-state index contributed by atoms with van der Waals surface area (Å²) in [5.41, 5.74) is 0.885. The zero-order valence-electron chi connectivity index (χ0n) is 17.4. The minimum absolute atomic E-state index is 0.113. The van der Waals surface area contributed by atoms with Crippen LogP contribution in [0.15, 0.2) is 60.7 Å². The van der Waals surface area contributed by atoms with Crippen molar-refractivity contribution in [3.63, 3.8) is 0 Å². The molecule has 0 bridgehead atoms. The third kappa shape index (κ3) is 6.07. The number of aliphatic hydroxyl groups is 1. The van der Waals surface area contributed by atoms with Crippen molar-refractivity contribution in [3.05, 3.63) is 71.8 Å². The lowest BCUT2D eigenvalue weighted by Crippen LogP contribution is -2.54. The van der Waals surface area contributed by atoms with Crippen LogP contribution in [0, 0.1) is 0 Å². The van der Waals surface area contributed by atoms with Crippen LogP contribution in [-0.4, -0.2) is 54.3 Å². The first-order valence-corrected chi connectivity index (χ1v) is 9.94. The molecule has 0 amide bonds. The van der Waals surface area contributed by atoms with Gasteiger partial charge in [0.1, 0.15) is 12.7 Å². The molecule has 2 aromatic rings. The minimum atomic E-state index is -3.78. The van der Waals surface area contributed by atoms with E-state index in [0.717, 1.165) is 0 Å². The van der Waals surface area contributed by atoms with E-state index in [1.54, 1.807) is 62.4 Å². The number of carbonyl (C=O) groups excluding carboxylic acids is 1. The van der Waals surface area contributed by atoms with E-state index in [9.17, 15) is 9.90 Å². The topological polar surface area (TPSA) is 74.2 Å². The van der Waals surface area contributed by atoms with Gasteiger partial charge >= 0.3 is 11.9 Å². The highest BCUT2D eigenvalue weighted by atomic mass is 19.3. The second-order valence-corrected chi connectivity index (χ2v) is 7.74. The van der Waals surface area contributed by atoms with Crippen LogP contribution < -0.4 is 0 Å². The highest BCUT2D eigenvalue weighted by Gasteiger charge is 2.55. The van der Waals surface area contributed by atoms with Crippen LogP contribution in [0.2, 0.25) is 0 Å². The Bertz CT molecular complexity index is 844. The highest BCUT2D eigenvalue weighted by Crippen LogP contribution is 2.35. The first-order chi connectivity index (χ1) is 14.7. The monoisotopic (exact) mass is 436 g/mol. The van der Waals surface area contributed by atoms with Gasteiger partial charge in [0.2, 0.25) is 0 Å². The van der Waals surface area contributed by atoms with Gasteiger partial charge in [-0.25, -0.2) is 13.6 Å². The molecule has 0 spiro atoms. The van der Waals surface area contributed by atoms with E-state index in [1.807, 2.05) is 0 Å². The Morgan fingerprint density at radius 2 is 1.77 bits per heavy atom. The fourth-order valence-corrected chi connectivity index (χ4v) is 3.20. The van der Waals surface area contributed by atoms with Crippen LogP contribution >= 0.6 is 0 Å². The van der Waals surface area contributed by atoms with Gasteiger partial charge in [0.25, 0.3) is 0 Å². The normalized spacial score (nSPS) is 20.2. The number of rotatable bonds is 9. The third-order valence-corrected chi connectivity index (χ3v) is 4.85. The lowest BCUT2D eigenvalue weighted by molar-refractivity contribution is -0.242. The zero-order chi connectivity index (χ0) is 22.5. The number of benzene rings is 2. The molecule has 0 aliphatic carbocycles. The van der Waals surface area contributed by atoms with Crippen molar-refractivity contribution in [2.24, 2.45) is 0 Å². The smallest absolute Gasteiger partial charge is 0.338 e. The van der Waals surface area contributed by atoms with Crippen LogP contribution in [-0.2, 0) is 25.6 Å². The van der Waals surface area contributed by atoms with Crippen LogP contribution in [0.1, 0.15) is 29.8 Å². The second-order valence-electron chi connectivity index (χ2n) is 7.74. The fourth-order valence-electron chi connectivity index (χ4n) is 3.20. The third-order valence-electron chi connectivity index (χ3n) is 4.85. The van der Waals surface area contributed by atoms with Crippen molar-refractivity contribution in [1.29, 1.82) is 0 Å². The van der Waals surface area contributed by atoms with Crippen molar-refractivity contribution in [2.75, 3.05) is 13.2 Å². The van der Waals surface area contributed by atoms with E-state index in [4.69, 9.17) is 18.9 Å². The summed E-state index contributed by atoms with van der Waals surface area (Å²) in [4.78, 5) is 12.0. The van der Waals surface area contributed by atoms with Gasteiger partial charge in [-0.1, -0.05) is 48.5 Å². The summed E-state index contributed by atoms with van der Waals surface area (Å²) < 4.78 is 51.9. The van der Waals surface area contributed by atoms with E-state index in [-0.39, 0.29) is 18.8 Å². The van der Waals surface area contributed by atoms with E-state index in [1.165, 1.54) is 12.1 Å². The Morgan fingerprint density at radius 3 is 2.35 bits per heavy atom. The lowest BCUT2D eigenvalue weighted by Gasteiger charge is -2.33. The van der Waals surface area contributed by atoms with E-state index in [2.05, 4.69) is 0 Å². The molecule has 0 saturated carbocycles. The molecule has 31 heavy (non-hydrogen) atoms. The van der Waals surface area contributed by atoms with E-state index in [0.29, 0.717) is 5.56 Å². The predicted octanol–water partition coefficient (Wildman–Crippen LogP) is 3.58. The van der Waals surface area contributed by atoms with Crippen molar-refractivity contribution >= 4 is 5.97 Å². The Hall–Kier alpha value is -2.39. The molecule has 3 rings (SSSR count). The predicted molar refractivity (Wildman–Crippen MR) is 108 cm³/mol. The zero-order valence-corrected chi connectivity index (χ0v) is 17.4. The molecular formula is C23H26F2O6. The Morgan fingerprint density at radius 1 is 1.16 bits per heavy atom. The Balaban J connectivity index is 1.69. The summed E-state index contributed by atoms with van der Waals surface area (Å²) in [5, 5.41) is 10.2. The second kappa shape index (κ2) is 9.82. The van der Waals surface area contributed by atoms with Crippen molar-refractivity contribution < 1.29 is 37.6 Å². The lowest BCUT2D eigenvalue weighted by atomic mass is 10.0. The summed E-state index contributed by atoms with van der Waals surface area (Å²) in [6.45, 7) is 2.08. The van der Waals surface area contributed by atoms with Crippen LogP contribution in [0.5, 0.6) is 0 Å². The molecule has 8 heteroatoms. The van der Waals surface area contributed by atoms with Gasteiger partial charge in [-0.05, 0) is 31.5 Å². The molecule has 1 aliphatic heterocycles. The van der Waals surface area contributed by atoms with E-state index >= 15 is 8.78 Å². The largest absolute Gasteiger partial charge is 0.459 e. The van der Waals surface area contributed by atoms with Gasteiger partial charge in [-0.15, -0.1) is 0 Å². The first-order valence-electron chi connectivity index (χ1n) is 9.94. The van der Waals surface area contributed by atoms with Gasteiger partial charge in [0.05, 0.1) is 18.8 Å². The van der Waals surface area contributed by atoms with Crippen molar-refractivity contribution in [3.8, 4) is 0 Å². The number of aliphatic hydroxyl groups excluding tert-OH is 1.